The molecule has 1 saturated heterocycles. The number of benzene rings is 2. The van der Waals surface area contributed by atoms with E-state index in [-0.39, 0.29) is 17.7 Å². The molecule has 0 unspecified atom stereocenters. The fourth-order valence-corrected chi connectivity index (χ4v) is 4.13. The molecule has 2 aromatic carbocycles. The van der Waals surface area contributed by atoms with Crippen molar-refractivity contribution in [1.29, 1.82) is 0 Å². The molecule has 2 aliphatic rings. The molecule has 0 aliphatic carbocycles. The molecule has 0 bridgehead atoms. The Balaban J connectivity index is 1.56. The summed E-state index contributed by atoms with van der Waals surface area (Å²) in [5.74, 6) is -0.363. The SMILES string of the molecule is CN1CCC(=O)Nc2cc(C(=O)N(C)[C@@H]3CCCN(c4ccccc4)C3=O)ccc21. The number of carbonyl (C=O) groups excluding carboxylic acids is 3. The lowest BCUT2D eigenvalue weighted by Crippen LogP contribution is -2.53. The minimum absolute atomic E-state index is 0.0638. The van der Waals surface area contributed by atoms with E-state index in [9.17, 15) is 14.4 Å². The Labute approximate surface area is 176 Å². The van der Waals surface area contributed by atoms with Gasteiger partial charge >= 0.3 is 0 Å². The zero-order valence-corrected chi connectivity index (χ0v) is 17.3. The van der Waals surface area contributed by atoms with E-state index in [0.29, 0.717) is 37.2 Å². The van der Waals surface area contributed by atoms with E-state index in [1.165, 1.54) is 4.90 Å². The summed E-state index contributed by atoms with van der Waals surface area (Å²) in [5.41, 5.74) is 2.81. The summed E-state index contributed by atoms with van der Waals surface area (Å²) < 4.78 is 0. The fourth-order valence-electron chi connectivity index (χ4n) is 4.13. The zero-order valence-electron chi connectivity index (χ0n) is 17.3. The molecule has 156 valence electrons. The van der Waals surface area contributed by atoms with Crippen molar-refractivity contribution < 1.29 is 14.4 Å². The summed E-state index contributed by atoms with van der Waals surface area (Å²) in [4.78, 5) is 43.6. The van der Waals surface area contributed by atoms with Crippen LogP contribution in [-0.4, -0.2) is 55.8 Å². The van der Waals surface area contributed by atoms with Crippen molar-refractivity contribution in [2.24, 2.45) is 0 Å². The van der Waals surface area contributed by atoms with Gasteiger partial charge in [-0.1, -0.05) is 18.2 Å². The molecule has 2 aromatic rings. The Morgan fingerprint density at radius 3 is 2.63 bits per heavy atom. The summed E-state index contributed by atoms with van der Waals surface area (Å²) in [6.07, 6.45) is 1.86. The second kappa shape index (κ2) is 8.18. The van der Waals surface area contributed by atoms with Gasteiger partial charge in [-0.3, -0.25) is 14.4 Å². The van der Waals surface area contributed by atoms with Crippen molar-refractivity contribution in [2.75, 3.05) is 42.3 Å². The van der Waals surface area contributed by atoms with Crippen LogP contribution in [0.3, 0.4) is 0 Å². The number of nitrogens with zero attached hydrogens (tertiary/aromatic N) is 3. The van der Waals surface area contributed by atoms with E-state index in [1.54, 1.807) is 24.1 Å². The van der Waals surface area contributed by atoms with E-state index in [0.717, 1.165) is 17.8 Å². The van der Waals surface area contributed by atoms with Crippen molar-refractivity contribution in [1.82, 2.24) is 4.90 Å². The van der Waals surface area contributed by atoms with Gasteiger partial charge in [0.2, 0.25) is 11.8 Å². The molecule has 0 spiro atoms. The van der Waals surface area contributed by atoms with E-state index in [4.69, 9.17) is 0 Å². The molecule has 0 radical (unpaired) electrons. The first-order chi connectivity index (χ1) is 14.5. The predicted octanol–water partition coefficient (Wildman–Crippen LogP) is 2.73. The zero-order chi connectivity index (χ0) is 21.3. The van der Waals surface area contributed by atoms with E-state index < -0.39 is 6.04 Å². The Hall–Kier alpha value is -3.35. The van der Waals surface area contributed by atoms with Crippen molar-refractivity contribution in [3.63, 3.8) is 0 Å². The minimum atomic E-state index is -0.512. The van der Waals surface area contributed by atoms with Crippen molar-refractivity contribution in [3.8, 4) is 0 Å². The molecule has 7 nitrogen and oxygen atoms in total. The number of likely N-dealkylation sites (N-methyl/N-ethyl adjacent to an activating group) is 1. The summed E-state index contributed by atoms with van der Waals surface area (Å²) in [6, 6.07) is 14.3. The molecule has 1 atom stereocenters. The first kappa shape index (κ1) is 19.9. The first-order valence-electron chi connectivity index (χ1n) is 10.2. The number of amides is 3. The Bertz CT molecular complexity index is 976. The number of piperidine rings is 1. The second-order valence-electron chi connectivity index (χ2n) is 7.85. The molecular weight excluding hydrogens is 380 g/mol. The molecule has 7 heteroatoms. The molecule has 30 heavy (non-hydrogen) atoms. The number of rotatable bonds is 3. The monoisotopic (exact) mass is 406 g/mol. The number of hydrogen-bond donors (Lipinski definition) is 1. The van der Waals surface area contributed by atoms with Crippen LogP contribution in [0.15, 0.2) is 48.5 Å². The number of carbonyl (C=O) groups is 3. The smallest absolute Gasteiger partial charge is 0.254 e. The average Bonchev–Trinajstić information content (AvgIpc) is 2.91. The first-order valence-corrected chi connectivity index (χ1v) is 10.2. The van der Waals surface area contributed by atoms with Crippen LogP contribution < -0.4 is 15.1 Å². The quantitative estimate of drug-likeness (QED) is 0.851. The maximum absolute atomic E-state index is 13.2. The van der Waals surface area contributed by atoms with Gasteiger partial charge in [0.05, 0.1) is 11.4 Å². The standard InChI is InChI=1S/C23H26N4O3/c1-25-14-12-21(28)24-18-15-16(10-11-19(18)25)22(29)26(2)20-9-6-13-27(23(20)30)17-7-4-3-5-8-17/h3-5,7-8,10-11,15,20H,6,9,12-14H2,1-2H3,(H,24,28)/t20-/m1/s1. The van der Waals surface area contributed by atoms with Gasteiger partial charge in [0.15, 0.2) is 0 Å². The Morgan fingerprint density at radius 2 is 1.87 bits per heavy atom. The number of anilines is 3. The van der Waals surface area contributed by atoms with Crippen LogP contribution in [0.1, 0.15) is 29.6 Å². The lowest BCUT2D eigenvalue weighted by Gasteiger charge is -2.37. The normalized spacial score (nSPS) is 19.1. The van der Waals surface area contributed by atoms with Gasteiger partial charge in [0.1, 0.15) is 6.04 Å². The van der Waals surface area contributed by atoms with Crippen LogP contribution in [0.4, 0.5) is 17.1 Å². The van der Waals surface area contributed by atoms with Crippen molar-refractivity contribution >= 4 is 34.8 Å². The summed E-state index contributed by atoms with van der Waals surface area (Å²) in [7, 11) is 3.60. The highest BCUT2D eigenvalue weighted by atomic mass is 16.2. The van der Waals surface area contributed by atoms with Crippen LogP contribution in [0, 0.1) is 0 Å². The van der Waals surface area contributed by atoms with Gasteiger partial charge in [0, 0.05) is 44.9 Å². The number of nitrogens with one attached hydrogen (secondary N) is 1. The third kappa shape index (κ3) is 3.75. The van der Waals surface area contributed by atoms with Gasteiger partial charge in [-0.2, -0.15) is 0 Å². The third-order valence-electron chi connectivity index (χ3n) is 5.87. The van der Waals surface area contributed by atoms with Crippen LogP contribution >= 0.6 is 0 Å². The molecule has 2 aliphatic heterocycles. The van der Waals surface area contributed by atoms with Gasteiger partial charge in [0.25, 0.3) is 5.91 Å². The number of para-hydroxylation sites is 1. The summed E-state index contributed by atoms with van der Waals surface area (Å²) in [5, 5.41) is 2.88. The molecule has 3 amide bonds. The van der Waals surface area contributed by atoms with Gasteiger partial charge < -0.3 is 20.0 Å². The third-order valence-corrected chi connectivity index (χ3v) is 5.87. The minimum Gasteiger partial charge on any atom is -0.372 e. The van der Waals surface area contributed by atoms with E-state index >= 15 is 0 Å². The maximum atomic E-state index is 13.2. The van der Waals surface area contributed by atoms with Gasteiger partial charge in [-0.05, 0) is 43.2 Å². The second-order valence-corrected chi connectivity index (χ2v) is 7.85. The Kier molecular flexibility index (Phi) is 5.44. The van der Waals surface area contributed by atoms with Crippen LogP contribution in [0.25, 0.3) is 0 Å². The molecular formula is C23H26N4O3. The summed E-state index contributed by atoms with van der Waals surface area (Å²) >= 11 is 0. The largest absolute Gasteiger partial charge is 0.372 e. The highest BCUT2D eigenvalue weighted by Gasteiger charge is 2.35. The molecule has 1 fully saturated rings. The fraction of sp³-hybridized carbons (Fsp3) is 0.348. The molecule has 2 heterocycles. The average molecular weight is 406 g/mol. The molecule has 0 saturated carbocycles. The van der Waals surface area contributed by atoms with Crippen LogP contribution in [-0.2, 0) is 9.59 Å². The molecule has 1 N–H and O–H groups in total. The van der Waals surface area contributed by atoms with Gasteiger partial charge in [-0.15, -0.1) is 0 Å². The maximum Gasteiger partial charge on any atom is 0.254 e. The van der Waals surface area contributed by atoms with Crippen LogP contribution in [0.5, 0.6) is 0 Å². The lowest BCUT2D eigenvalue weighted by molar-refractivity contribution is -0.124. The molecule has 0 aromatic heterocycles. The number of fused-ring (bicyclic) bond motifs is 1. The summed E-state index contributed by atoms with van der Waals surface area (Å²) in [6.45, 7) is 1.27. The predicted molar refractivity (Wildman–Crippen MR) is 117 cm³/mol. The lowest BCUT2D eigenvalue weighted by atomic mass is 10.0. The van der Waals surface area contributed by atoms with Crippen LogP contribution in [0.2, 0.25) is 0 Å². The van der Waals surface area contributed by atoms with Crippen molar-refractivity contribution in [2.45, 2.75) is 25.3 Å². The number of hydrogen-bond acceptors (Lipinski definition) is 4. The van der Waals surface area contributed by atoms with Gasteiger partial charge in [-0.25, -0.2) is 0 Å². The Morgan fingerprint density at radius 1 is 1.10 bits per heavy atom. The highest BCUT2D eigenvalue weighted by molar-refractivity contribution is 6.04. The van der Waals surface area contributed by atoms with E-state index in [2.05, 4.69) is 5.32 Å². The topological polar surface area (TPSA) is 73.0 Å². The van der Waals surface area contributed by atoms with Crippen molar-refractivity contribution in [3.05, 3.63) is 54.1 Å². The highest BCUT2D eigenvalue weighted by Crippen LogP contribution is 2.30. The van der Waals surface area contributed by atoms with E-state index in [1.807, 2.05) is 48.3 Å². The molecule has 4 rings (SSSR count).